The molecule has 0 heterocycles. The zero-order valence-corrected chi connectivity index (χ0v) is 5.33. The van der Waals surface area contributed by atoms with Crippen LogP contribution < -0.4 is 11.1 Å². The Kier molecular flexibility index (Phi) is 2.42. The highest BCUT2D eigenvalue weighted by molar-refractivity contribution is 5.75. The van der Waals surface area contributed by atoms with Crippen LogP contribution in [0.1, 0.15) is 0 Å². The molecular weight excluding hydrogens is 146 g/mol. The molecule has 2 amide bonds. The molecule has 6 heteroatoms. The largest absolute Gasteiger partial charge is 0.352 e. The van der Waals surface area contributed by atoms with Crippen molar-refractivity contribution in [1.82, 2.24) is 5.32 Å². The van der Waals surface area contributed by atoms with Crippen LogP contribution in [0.25, 0.3) is 0 Å². The van der Waals surface area contributed by atoms with Crippen LogP contribution in [-0.2, 0) is 0 Å². The second kappa shape index (κ2) is 3.05. The molecule has 0 unspecified atom stereocenters. The van der Waals surface area contributed by atoms with Crippen LogP contribution in [0, 0.1) is 34.0 Å². The molecule has 0 spiro atoms. The number of nitrogens with two attached hydrogens (primary N) is 1. The van der Waals surface area contributed by atoms with E-state index in [1.165, 1.54) is 18.2 Å². The highest BCUT2D eigenvalue weighted by Gasteiger charge is 2.30. The highest BCUT2D eigenvalue weighted by atomic mass is 16.2. The molecule has 0 aromatic heterocycles. The van der Waals surface area contributed by atoms with Gasteiger partial charge in [0, 0.05) is 0 Å². The summed E-state index contributed by atoms with van der Waals surface area (Å²) in [6.45, 7) is 0. The lowest BCUT2D eigenvalue weighted by molar-refractivity contribution is 0.247. The topological polar surface area (TPSA) is 126 Å². The third kappa shape index (κ3) is 1.85. The van der Waals surface area contributed by atoms with Crippen LogP contribution in [-0.4, -0.2) is 11.6 Å². The molecule has 0 fully saturated rings. The molecule has 0 aliphatic carbocycles. The predicted molar refractivity (Wildman–Crippen MR) is 32.3 cm³/mol. The Hall–Kier alpha value is -2.26. The zero-order chi connectivity index (χ0) is 8.91. The fraction of sp³-hybridized carbons (Fsp3) is 0.200. The average molecular weight is 149 g/mol. The molecule has 6 nitrogen and oxygen atoms in total. The van der Waals surface area contributed by atoms with Gasteiger partial charge in [0.2, 0.25) is 0 Å². The number of nitriles is 3. The number of rotatable bonds is 1. The van der Waals surface area contributed by atoms with Crippen LogP contribution in [0.4, 0.5) is 4.79 Å². The average Bonchev–Trinajstić information content (AvgIpc) is 2.00. The Bertz CT molecular complexity index is 251. The minimum absolute atomic E-state index is 1.09. The van der Waals surface area contributed by atoms with Crippen molar-refractivity contribution >= 4 is 6.03 Å². The summed E-state index contributed by atoms with van der Waals surface area (Å²) >= 11 is 0. The van der Waals surface area contributed by atoms with Gasteiger partial charge in [-0.05, 0) is 0 Å². The van der Waals surface area contributed by atoms with Crippen LogP contribution in [0.3, 0.4) is 0 Å². The monoisotopic (exact) mass is 149 g/mol. The van der Waals surface area contributed by atoms with E-state index < -0.39 is 11.6 Å². The van der Waals surface area contributed by atoms with Gasteiger partial charge in [0.1, 0.15) is 18.2 Å². The Morgan fingerprint density at radius 1 is 1.27 bits per heavy atom. The summed E-state index contributed by atoms with van der Waals surface area (Å²) in [6.07, 6.45) is 0. The number of hydrogen-bond donors (Lipinski definition) is 2. The molecule has 54 valence electrons. The summed E-state index contributed by atoms with van der Waals surface area (Å²) in [7, 11) is 0. The first-order valence-electron chi connectivity index (χ1n) is 2.41. The van der Waals surface area contributed by atoms with Crippen molar-refractivity contribution in [1.29, 1.82) is 15.8 Å². The number of carbonyl (C=O) groups excluding carboxylic acids is 1. The first-order chi connectivity index (χ1) is 5.10. The summed E-state index contributed by atoms with van der Waals surface area (Å²) in [4.78, 5) is 10.1. The summed E-state index contributed by atoms with van der Waals surface area (Å²) in [6, 6.07) is 2.85. The van der Waals surface area contributed by atoms with Gasteiger partial charge in [-0.15, -0.1) is 0 Å². The van der Waals surface area contributed by atoms with Crippen molar-refractivity contribution < 1.29 is 4.79 Å². The lowest BCUT2D eigenvalue weighted by atomic mass is 10.1. The molecule has 0 aromatic rings. The van der Waals surface area contributed by atoms with E-state index in [4.69, 9.17) is 15.8 Å². The van der Waals surface area contributed by atoms with E-state index in [9.17, 15) is 4.79 Å². The minimum Gasteiger partial charge on any atom is -0.352 e. The van der Waals surface area contributed by atoms with Crippen LogP contribution >= 0.6 is 0 Å². The molecule has 0 aliphatic rings. The molecule has 0 saturated heterocycles. The second-order valence-electron chi connectivity index (χ2n) is 1.57. The van der Waals surface area contributed by atoms with Gasteiger partial charge < -0.3 is 5.73 Å². The minimum atomic E-state index is -2.16. The van der Waals surface area contributed by atoms with Crippen molar-refractivity contribution in [2.75, 3.05) is 0 Å². The quantitative estimate of drug-likeness (QED) is 0.493. The van der Waals surface area contributed by atoms with E-state index in [2.05, 4.69) is 5.73 Å². The molecule has 0 atom stereocenters. The van der Waals surface area contributed by atoms with Crippen LogP contribution in [0.5, 0.6) is 0 Å². The molecule has 3 N–H and O–H groups in total. The lowest BCUT2D eigenvalue weighted by Gasteiger charge is -2.07. The number of nitrogens with one attached hydrogen (secondary N) is 1. The molecule has 0 bridgehead atoms. The van der Waals surface area contributed by atoms with E-state index in [1.54, 1.807) is 5.32 Å². The zero-order valence-electron chi connectivity index (χ0n) is 5.33. The third-order valence-electron chi connectivity index (χ3n) is 0.814. The van der Waals surface area contributed by atoms with Gasteiger partial charge in [-0.25, -0.2) is 4.79 Å². The molecule has 0 aromatic carbocycles. The SMILES string of the molecule is N#CC(C#N)(C#N)NC(N)=O. The van der Waals surface area contributed by atoms with E-state index in [1.807, 2.05) is 0 Å². The van der Waals surface area contributed by atoms with Crippen molar-refractivity contribution in [2.45, 2.75) is 5.54 Å². The van der Waals surface area contributed by atoms with Gasteiger partial charge in [-0.2, -0.15) is 15.8 Å². The summed E-state index contributed by atoms with van der Waals surface area (Å²) < 4.78 is 0. The summed E-state index contributed by atoms with van der Waals surface area (Å²) in [5, 5.41) is 26.5. The normalized spacial score (nSPS) is 8.45. The molecular formula is C5H3N5O. The van der Waals surface area contributed by atoms with E-state index in [0.717, 1.165) is 0 Å². The number of hydrogen-bond acceptors (Lipinski definition) is 4. The number of amides is 2. The molecule has 0 saturated carbocycles. The Labute approximate surface area is 62.4 Å². The molecule has 0 radical (unpaired) electrons. The highest BCUT2D eigenvalue weighted by Crippen LogP contribution is 1.97. The molecule has 11 heavy (non-hydrogen) atoms. The van der Waals surface area contributed by atoms with Crippen molar-refractivity contribution in [3.05, 3.63) is 0 Å². The standard InChI is InChI=1S/C5H3N5O/c6-1-5(2-7,3-8)10-4(9)11/h(H3,9,10,11). The maximum Gasteiger partial charge on any atom is 0.315 e. The van der Waals surface area contributed by atoms with Crippen molar-refractivity contribution in [2.24, 2.45) is 5.73 Å². The van der Waals surface area contributed by atoms with Gasteiger partial charge in [0.15, 0.2) is 0 Å². The Balaban J connectivity index is 4.68. The first-order valence-corrected chi connectivity index (χ1v) is 2.41. The number of nitrogens with zero attached hydrogens (tertiary/aromatic N) is 3. The van der Waals surface area contributed by atoms with Gasteiger partial charge in [0.05, 0.1) is 0 Å². The van der Waals surface area contributed by atoms with Crippen molar-refractivity contribution in [3.8, 4) is 18.2 Å². The Morgan fingerprint density at radius 3 is 1.73 bits per heavy atom. The lowest BCUT2D eigenvalue weighted by Crippen LogP contribution is -2.47. The number of carbonyl (C=O) groups is 1. The van der Waals surface area contributed by atoms with E-state index >= 15 is 0 Å². The van der Waals surface area contributed by atoms with Gasteiger partial charge in [-0.3, -0.25) is 5.32 Å². The van der Waals surface area contributed by atoms with Crippen LogP contribution in [0.2, 0.25) is 0 Å². The van der Waals surface area contributed by atoms with E-state index in [0.29, 0.717) is 0 Å². The Morgan fingerprint density at radius 2 is 1.64 bits per heavy atom. The smallest absolute Gasteiger partial charge is 0.315 e. The number of urea groups is 1. The number of primary amides is 1. The van der Waals surface area contributed by atoms with Crippen molar-refractivity contribution in [3.63, 3.8) is 0 Å². The summed E-state index contributed by atoms with van der Waals surface area (Å²) in [5.41, 5.74) is 2.44. The maximum absolute atomic E-state index is 10.1. The first kappa shape index (κ1) is 8.74. The fourth-order valence-electron chi connectivity index (χ4n) is 0.344. The fourth-order valence-corrected chi connectivity index (χ4v) is 0.344. The van der Waals surface area contributed by atoms with Gasteiger partial charge >= 0.3 is 11.6 Å². The summed E-state index contributed by atoms with van der Waals surface area (Å²) in [5.74, 6) is 0. The molecule has 0 rings (SSSR count). The van der Waals surface area contributed by atoms with Gasteiger partial charge in [0.25, 0.3) is 0 Å². The maximum atomic E-state index is 10.1. The van der Waals surface area contributed by atoms with E-state index in [-0.39, 0.29) is 0 Å². The third-order valence-corrected chi connectivity index (χ3v) is 0.814. The van der Waals surface area contributed by atoms with Crippen LogP contribution in [0.15, 0.2) is 0 Å². The molecule has 0 aliphatic heterocycles. The van der Waals surface area contributed by atoms with Gasteiger partial charge in [-0.1, -0.05) is 0 Å². The second-order valence-corrected chi connectivity index (χ2v) is 1.57. The predicted octanol–water partition coefficient (Wildman–Crippen LogP) is -1.04.